The van der Waals surface area contributed by atoms with Crippen molar-refractivity contribution in [2.45, 2.75) is 83.0 Å². The maximum atomic E-state index is 13.0. The fourth-order valence-electron chi connectivity index (χ4n) is 4.59. The Morgan fingerprint density at radius 2 is 1.64 bits per heavy atom. The van der Waals surface area contributed by atoms with Gasteiger partial charge >= 0.3 is 0 Å². The van der Waals surface area contributed by atoms with Gasteiger partial charge in [-0.15, -0.1) is 12.4 Å². The number of aryl methyl sites for hydroxylation is 1. The topological polar surface area (TPSA) is 32.3 Å². The van der Waals surface area contributed by atoms with Crippen molar-refractivity contribution in [2.75, 3.05) is 0 Å². The van der Waals surface area contributed by atoms with E-state index in [9.17, 15) is 4.79 Å². The maximum absolute atomic E-state index is 13.0. The number of nitrogens with one attached hydrogen (secondary N) is 1. The molecule has 1 amide bonds. The van der Waals surface area contributed by atoms with Gasteiger partial charge in [-0.05, 0) is 62.0 Å². The van der Waals surface area contributed by atoms with E-state index in [1.807, 2.05) is 0 Å². The summed E-state index contributed by atoms with van der Waals surface area (Å²) in [7, 11) is 0. The second-order valence-electron chi connectivity index (χ2n) is 8.10. The van der Waals surface area contributed by atoms with E-state index in [-0.39, 0.29) is 12.4 Å². The molecule has 2 heterocycles. The van der Waals surface area contributed by atoms with E-state index >= 15 is 0 Å². The summed E-state index contributed by atoms with van der Waals surface area (Å²) in [6.07, 6.45) is 9.24. The summed E-state index contributed by atoms with van der Waals surface area (Å²) in [6, 6.07) is 10.7. The Morgan fingerprint density at radius 1 is 1.04 bits per heavy atom. The molecule has 1 N–H and O–H groups in total. The zero-order valence-corrected chi connectivity index (χ0v) is 16.1. The normalized spacial score (nSPS) is 27.6. The van der Waals surface area contributed by atoms with E-state index in [2.05, 4.69) is 41.4 Å². The van der Waals surface area contributed by atoms with Crippen LogP contribution in [0.3, 0.4) is 0 Å². The lowest BCUT2D eigenvalue weighted by atomic mass is 9.89. The van der Waals surface area contributed by atoms with E-state index in [1.54, 1.807) is 0 Å². The molecule has 25 heavy (non-hydrogen) atoms. The largest absolute Gasteiger partial charge is 0.335 e. The van der Waals surface area contributed by atoms with Crippen molar-refractivity contribution in [3.05, 3.63) is 35.4 Å². The van der Waals surface area contributed by atoms with Gasteiger partial charge in [-0.2, -0.15) is 0 Å². The number of nitrogens with zero attached hydrogens (tertiary/aromatic N) is 1. The molecular weight excluding hydrogens is 332 g/mol. The molecule has 2 aliphatic heterocycles. The fraction of sp³-hybridized carbons (Fsp3) is 0.667. The molecule has 0 radical (unpaired) electrons. The summed E-state index contributed by atoms with van der Waals surface area (Å²) in [5, 5.41) is 3.68. The lowest BCUT2D eigenvalue weighted by Crippen LogP contribution is -2.40. The highest BCUT2D eigenvalue weighted by atomic mass is 35.5. The summed E-state index contributed by atoms with van der Waals surface area (Å²) in [4.78, 5) is 15.1. The first-order chi connectivity index (χ1) is 11.7. The molecule has 3 aliphatic rings. The van der Waals surface area contributed by atoms with E-state index in [4.69, 9.17) is 0 Å². The summed E-state index contributed by atoms with van der Waals surface area (Å²) in [6.45, 7) is 2.98. The van der Waals surface area contributed by atoms with Gasteiger partial charge in [0.2, 0.25) is 5.91 Å². The van der Waals surface area contributed by atoms with E-state index < -0.39 is 0 Å². The van der Waals surface area contributed by atoms with Crippen LogP contribution in [0.4, 0.5) is 0 Å². The Labute approximate surface area is 158 Å². The highest BCUT2D eigenvalue weighted by Crippen LogP contribution is 2.35. The number of hydrogen-bond acceptors (Lipinski definition) is 2. The van der Waals surface area contributed by atoms with Crippen molar-refractivity contribution in [3.8, 4) is 0 Å². The van der Waals surface area contributed by atoms with Crippen LogP contribution in [0, 0.1) is 5.92 Å². The summed E-state index contributed by atoms with van der Waals surface area (Å²) in [5.74, 6) is 0.989. The molecule has 1 saturated carbocycles. The van der Waals surface area contributed by atoms with Crippen molar-refractivity contribution >= 4 is 18.3 Å². The van der Waals surface area contributed by atoms with Crippen molar-refractivity contribution in [1.29, 1.82) is 0 Å². The average Bonchev–Trinajstić information content (AvgIpc) is 3.37. The molecule has 3 nitrogen and oxygen atoms in total. The number of benzene rings is 1. The molecule has 2 bridgehead atoms. The minimum atomic E-state index is 0. The van der Waals surface area contributed by atoms with Gasteiger partial charge in [-0.25, -0.2) is 0 Å². The van der Waals surface area contributed by atoms with Crippen molar-refractivity contribution in [2.24, 2.45) is 5.92 Å². The molecule has 4 heteroatoms. The van der Waals surface area contributed by atoms with E-state index in [0.29, 0.717) is 30.0 Å². The predicted molar refractivity (Wildman–Crippen MR) is 104 cm³/mol. The number of fused-ring (bicyclic) bond motifs is 2. The monoisotopic (exact) mass is 362 g/mol. The van der Waals surface area contributed by atoms with Crippen LogP contribution in [-0.4, -0.2) is 28.9 Å². The smallest absolute Gasteiger partial charge is 0.223 e. The third-order valence-corrected chi connectivity index (χ3v) is 6.13. The van der Waals surface area contributed by atoms with Crippen LogP contribution in [0.2, 0.25) is 0 Å². The average molecular weight is 363 g/mol. The second kappa shape index (κ2) is 8.09. The standard InChI is InChI=1S/C21H30N2O.ClH/c1-2-15-3-5-16(6-4-15)14-23(20-9-10-20)21(24)13-17-11-18-7-8-19(12-17)22-18;/h3-6,17-20,22H,2,7-14H2,1H3;1H. The van der Waals surface area contributed by atoms with Gasteiger partial charge in [0.05, 0.1) is 0 Å². The highest BCUT2D eigenvalue weighted by molar-refractivity contribution is 5.85. The number of piperidine rings is 1. The van der Waals surface area contributed by atoms with Crippen LogP contribution in [-0.2, 0) is 17.8 Å². The Bertz CT molecular complexity index is 572. The van der Waals surface area contributed by atoms with Crippen LogP contribution >= 0.6 is 12.4 Å². The molecule has 0 aromatic heterocycles. The summed E-state index contributed by atoms with van der Waals surface area (Å²) < 4.78 is 0. The number of amides is 1. The minimum Gasteiger partial charge on any atom is -0.335 e. The molecule has 1 aromatic carbocycles. The van der Waals surface area contributed by atoms with Crippen molar-refractivity contribution in [3.63, 3.8) is 0 Å². The molecule has 138 valence electrons. The zero-order valence-electron chi connectivity index (χ0n) is 15.2. The van der Waals surface area contributed by atoms with Crippen molar-refractivity contribution in [1.82, 2.24) is 10.2 Å². The number of halogens is 1. The molecule has 3 fully saturated rings. The van der Waals surface area contributed by atoms with Gasteiger partial charge < -0.3 is 10.2 Å². The quantitative estimate of drug-likeness (QED) is 0.826. The Kier molecular flexibility index (Phi) is 6.06. The van der Waals surface area contributed by atoms with Crippen LogP contribution in [0.5, 0.6) is 0 Å². The van der Waals surface area contributed by atoms with Gasteiger partial charge in [0.25, 0.3) is 0 Å². The number of carbonyl (C=O) groups excluding carboxylic acids is 1. The first kappa shape index (κ1) is 18.7. The number of rotatable bonds is 6. The minimum absolute atomic E-state index is 0. The molecular formula is C21H31ClN2O. The van der Waals surface area contributed by atoms with E-state index in [1.165, 1.54) is 49.7 Å². The molecule has 1 aliphatic carbocycles. The SMILES string of the molecule is CCc1ccc(CN(C(=O)CC2CC3CCC(C2)N3)C2CC2)cc1.Cl. The molecule has 2 atom stereocenters. The summed E-state index contributed by atoms with van der Waals surface area (Å²) in [5.41, 5.74) is 2.64. The van der Waals surface area contributed by atoms with Crippen LogP contribution in [0.25, 0.3) is 0 Å². The third-order valence-electron chi connectivity index (χ3n) is 6.13. The molecule has 4 rings (SSSR count). The van der Waals surface area contributed by atoms with Gasteiger partial charge in [0.1, 0.15) is 0 Å². The lowest BCUT2D eigenvalue weighted by Gasteiger charge is -2.31. The van der Waals surface area contributed by atoms with Gasteiger partial charge in [-0.3, -0.25) is 4.79 Å². The molecule has 2 saturated heterocycles. The molecule has 1 aromatic rings. The van der Waals surface area contributed by atoms with E-state index in [0.717, 1.165) is 19.4 Å². The van der Waals surface area contributed by atoms with Gasteiger partial charge in [0, 0.05) is 31.1 Å². The molecule has 0 spiro atoms. The lowest BCUT2D eigenvalue weighted by molar-refractivity contribution is -0.133. The van der Waals surface area contributed by atoms with Crippen LogP contribution in [0.15, 0.2) is 24.3 Å². The first-order valence-corrected chi connectivity index (χ1v) is 9.84. The van der Waals surface area contributed by atoms with Crippen molar-refractivity contribution < 1.29 is 4.79 Å². The van der Waals surface area contributed by atoms with Crippen LogP contribution in [0.1, 0.15) is 63.0 Å². The molecule has 2 unspecified atom stereocenters. The zero-order chi connectivity index (χ0) is 16.5. The van der Waals surface area contributed by atoms with Gasteiger partial charge in [0.15, 0.2) is 0 Å². The third kappa shape index (κ3) is 4.57. The Balaban J connectivity index is 0.00000182. The fourth-order valence-corrected chi connectivity index (χ4v) is 4.59. The summed E-state index contributed by atoms with van der Waals surface area (Å²) >= 11 is 0. The first-order valence-electron chi connectivity index (χ1n) is 9.84. The predicted octanol–water partition coefficient (Wildman–Crippen LogP) is 4.08. The highest BCUT2D eigenvalue weighted by Gasteiger charge is 2.37. The number of hydrogen-bond donors (Lipinski definition) is 1. The van der Waals surface area contributed by atoms with Gasteiger partial charge in [-0.1, -0.05) is 31.2 Å². The second-order valence-corrected chi connectivity index (χ2v) is 8.10. The number of carbonyl (C=O) groups is 1. The Morgan fingerprint density at radius 3 is 2.20 bits per heavy atom. The van der Waals surface area contributed by atoms with Crippen LogP contribution < -0.4 is 5.32 Å². The maximum Gasteiger partial charge on any atom is 0.223 e. The Hall–Kier alpha value is -1.06.